The molecule has 2 heterocycles. The summed E-state index contributed by atoms with van der Waals surface area (Å²) >= 11 is 0. The van der Waals surface area contributed by atoms with Crippen LogP contribution in [0.25, 0.3) is 0 Å². The van der Waals surface area contributed by atoms with Crippen LogP contribution in [0.5, 0.6) is 0 Å². The molecule has 0 unspecified atom stereocenters. The lowest BCUT2D eigenvalue weighted by Crippen LogP contribution is -2.20. The number of hydrogen-bond donors (Lipinski definition) is 0. The highest BCUT2D eigenvalue weighted by atomic mass is 16.1. The average Bonchev–Trinajstić information content (AvgIpc) is 2.67. The largest absolute Gasteiger partial charge is 0.303 e. The van der Waals surface area contributed by atoms with E-state index >= 15 is 0 Å². The van der Waals surface area contributed by atoms with Crippen LogP contribution >= 0.6 is 0 Å². The zero-order valence-electron chi connectivity index (χ0n) is 8.10. The minimum Gasteiger partial charge on any atom is -0.303 e. The van der Waals surface area contributed by atoms with Crippen LogP contribution in [0.3, 0.4) is 0 Å². The van der Waals surface area contributed by atoms with Crippen molar-refractivity contribution in [1.82, 2.24) is 9.88 Å². The maximum absolute atomic E-state index is 10.6. The van der Waals surface area contributed by atoms with Crippen LogP contribution in [0.2, 0.25) is 0 Å². The van der Waals surface area contributed by atoms with Gasteiger partial charge in [-0.05, 0) is 25.1 Å². The number of nitrogens with zero attached hydrogens (tertiary/aromatic N) is 2. The number of likely N-dealkylation sites (tertiary alicyclic amines) is 1. The molecule has 0 radical (unpaired) electrons. The molecule has 74 valence electrons. The molecule has 3 nitrogen and oxygen atoms in total. The summed E-state index contributed by atoms with van der Waals surface area (Å²) in [5, 5.41) is 0. The van der Waals surface area contributed by atoms with Gasteiger partial charge in [0, 0.05) is 25.2 Å². The Morgan fingerprint density at radius 3 is 3.14 bits per heavy atom. The number of pyridine rings is 1. The van der Waals surface area contributed by atoms with E-state index in [-0.39, 0.29) is 5.92 Å². The molecular formula is C11H14N2O. The highest BCUT2D eigenvalue weighted by Gasteiger charge is 2.21. The summed E-state index contributed by atoms with van der Waals surface area (Å²) in [4.78, 5) is 17.1. The van der Waals surface area contributed by atoms with Gasteiger partial charge in [-0.1, -0.05) is 6.07 Å². The molecule has 0 bridgehead atoms. The maximum Gasteiger partial charge on any atom is 0.124 e. The number of carbonyl (C=O) groups is 1. The lowest BCUT2D eigenvalue weighted by atomic mass is 10.1. The van der Waals surface area contributed by atoms with E-state index in [9.17, 15) is 4.79 Å². The normalized spacial score (nSPS) is 22.4. The number of carbonyl (C=O) groups excluding carboxylic acids is 1. The van der Waals surface area contributed by atoms with Crippen LogP contribution in [0.1, 0.15) is 12.1 Å². The number of hydrogen-bond acceptors (Lipinski definition) is 3. The van der Waals surface area contributed by atoms with Gasteiger partial charge in [0.2, 0.25) is 0 Å². The number of aromatic nitrogens is 1. The van der Waals surface area contributed by atoms with Crippen molar-refractivity contribution in [3.8, 4) is 0 Å². The third kappa shape index (κ3) is 2.17. The van der Waals surface area contributed by atoms with Crippen molar-refractivity contribution in [1.29, 1.82) is 0 Å². The van der Waals surface area contributed by atoms with Gasteiger partial charge in [0.1, 0.15) is 6.29 Å². The molecule has 1 saturated heterocycles. The predicted octanol–water partition coefficient (Wildman–Crippen LogP) is 1.10. The minimum atomic E-state index is 0.235. The zero-order valence-corrected chi connectivity index (χ0v) is 8.10. The molecule has 0 saturated carbocycles. The van der Waals surface area contributed by atoms with E-state index in [1.807, 2.05) is 24.4 Å². The van der Waals surface area contributed by atoms with Crippen molar-refractivity contribution in [2.75, 3.05) is 13.1 Å². The SMILES string of the molecule is O=C[C@@H]1CCN(Cc2ccccn2)C1. The highest BCUT2D eigenvalue weighted by Crippen LogP contribution is 2.15. The van der Waals surface area contributed by atoms with Crippen molar-refractivity contribution >= 4 is 6.29 Å². The van der Waals surface area contributed by atoms with Crippen molar-refractivity contribution in [2.24, 2.45) is 5.92 Å². The van der Waals surface area contributed by atoms with Crippen molar-refractivity contribution in [2.45, 2.75) is 13.0 Å². The van der Waals surface area contributed by atoms with Gasteiger partial charge >= 0.3 is 0 Å². The predicted molar refractivity (Wildman–Crippen MR) is 53.7 cm³/mol. The van der Waals surface area contributed by atoms with Crippen LogP contribution in [-0.2, 0) is 11.3 Å². The third-order valence-corrected chi connectivity index (χ3v) is 2.61. The standard InChI is InChI=1S/C11H14N2O/c14-9-10-4-6-13(7-10)8-11-3-1-2-5-12-11/h1-3,5,9-10H,4,6-8H2/t10-/m1/s1. The summed E-state index contributed by atoms with van der Waals surface area (Å²) in [5.74, 6) is 0.235. The third-order valence-electron chi connectivity index (χ3n) is 2.61. The molecule has 0 spiro atoms. The molecule has 0 aliphatic carbocycles. The summed E-state index contributed by atoms with van der Waals surface area (Å²) in [6.07, 6.45) is 3.87. The number of aldehydes is 1. The topological polar surface area (TPSA) is 33.2 Å². The van der Waals surface area contributed by atoms with Crippen molar-refractivity contribution < 1.29 is 4.79 Å². The van der Waals surface area contributed by atoms with Gasteiger partial charge in [-0.25, -0.2) is 0 Å². The first-order valence-corrected chi connectivity index (χ1v) is 4.96. The van der Waals surface area contributed by atoms with Crippen LogP contribution in [0, 0.1) is 5.92 Å². The fourth-order valence-electron chi connectivity index (χ4n) is 1.84. The average molecular weight is 190 g/mol. The Morgan fingerprint density at radius 2 is 2.50 bits per heavy atom. The summed E-state index contributed by atoms with van der Waals surface area (Å²) in [6, 6.07) is 5.94. The molecule has 14 heavy (non-hydrogen) atoms. The lowest BCUT2D eigenvalue weighted by Gasteiger charge is -2.13. The van der Waals surface area contributed by atoms with Gasteiger partial charge in [0.15, 0.2) is 0 Å². The van der Waals surface area contributed by atoms with Gasteiger partial charge < -0.3 is 4.79 Å². The number of rotatable bonds is 3. The monoisotopic (exact) mass is 190 g/mol. The summed E-state index contributed by atoms with van der Waals surface area (Å²) in [6.45, 7) is 2.77. The molecule has 0 amide bonds. The fraction of sp³-hybridized carbons (Fsp3) is 0.455. The first-order valence-electron chi connectivity index (χ1n) is 4.96. The molecule has 1 aliphatic rings. The Balaban J connectivity index is 1.90. The quantitative estimate of drug-likeness (QED) is 0.669. The molecule has 2 rings (SSSR count). The molecule has 1 aliphatic heterocycles. The Bertz CT molecular complexity index is 299. The fourth-order valence-corrected chi connectivity index (χ4v) is 1.84. The van der Waals surface area contributed by atoms with Gasteiger partial charge in [-0.2, -0.15) is 0 Å². The van der Waals surface area contributed by atoms with E-state index < -0.39 is 0 Å². The highest BCUT2D eigenvalue weighted by molar-refractivity contribution is 5.54. The second-order valence-electron chi connectivity index (χ2n) is 3.74. The Hall–Kier alpha value is -1.22. The Kier molecular flexibility index (Phi) is 2.89. The molecule has 1 aromatic heterocycles. The van der Waals surface area contributed by atoms with Crippen LogP contribution in [0.4, 0.5) is 0 Å². The van der Waals surface area contributed by atoms with Gasteiger partial charge in [-0.15, -0.1) is 0 Å². The van der Waals surface area contributed by atoms with E-state index in [0.29, 0.717) is 0 Å². The summed E-state index contributed by atoms with van der Waals surface area (Å²) in [5.41, 5.74) is 1.08. The first-order chi connectivity index (χ1) is 6.88. The lowest BCUT2D eigenvalue weighted by molar-refractivity contribution is -0.110. The molecule has 0 N–H and O–H groups in total. The molecule has 3 heteroatoms. The van der Waals surface area contributed by atoms with Crippen molar-refractivity contribution in [3.05, 3.63) is 30.1 Å². The second-order valence-corrected chi connectivity index (χ2v) is 3.74. The molecule has 1 fully saturated rings. The van der Waals surface area contributed by atoms with Crippen molar-refractivity contribution in [3.63, 3.8) is 0 Å². The van der Waals surface area contributed by atoms with Crippen LogP contribution < -0.4 is 0 Å². The first kappa shape index (κ1) is 9.34. The van der Waals surface area contributed by atoms with E-state index in [0.717, 1.165) is 38.0 Å². The summed E-state index contributed by atoms with van der Waals surface area (Å²) < 4.78 is 0. The van der Waals surface area contributed by atoms with Gasteiger partial charge in [0.05, 0.1) is 5.69 Å². The van der Waals surface area contributed by atoms with E-state index in [4.69, 9.17) is 0 Å². The zero-order chi connectivity index (χ0) is 9.80. The van der Waals surface area contributed by atoms with E-state index in [1.165, 1.54) is 0 Å². The minimum absolute atomic E-state index is 0.235. The molecule has 1 aromatic rings. The molecule has 1 atom stereocenters. The smallest absolute Gasteiger partial charge is 0.124 e. The molecular weight excluding hydrogens is 176 g/mol. The summed E-state index contributed by atoms with van der Waals surface area (Å²) in [7, 11) is 0. The Morgan fingerprint density at radius 1 is 1.57 bits per heavy atom. The van der Waals surface area contributed by atoms with E-state index in [1.54, 1.807) is 0 Å². The second kappa shape index (κ2) is 4.33. The Labute approximate surface area is 83.8 Å². The molecule has 0 aromatic carbocycles. The maximum atomic E-state index is 10.6. The van der Waals surface area contributed by atoms with Gasteiger partial charge in [-0.3, -0.25) is 9.88 Å². The van der Waals surface area contributed by atoms with Gasteiger partial charge in [0.25, 0.3) is 0 Å². The van der Waals surface area contributed by atoms with E-state index in [2.05, 4.69) is 9.88 Å². The van der Waals surface area contributed by atoms with Crippen LogP contribution in [-0.4, -0.2) is 29.3 Å². The van der Waals surface area contributed by atoms with Crippen LogP contribution in [0.15, 0.2) is 24.4 Å².